The van der Waals surface area contributed by atoms with Crippen LogP contribution in [-0.4, -0.2) is 39.4 Å². The van der Waals surface area contributed by atoms with Crippen molar-refractivity contribution in [2.24, 2.45) is 5.92 Å². The normalized spacial score (nSPS) is 17.7. The lowest BCUT2D eigenvalue weighted by atomic mass is 9.97. The van der Waals surface area contributed by atoms with E-state index >= 15 is 0 Å². The summed E-state index contributed by atoms with van der Waals surface area (Å²) < 4.78 is 7.27. The van der Waals surface area contributed by atoms with Gasteiger partial charge < -0.3 is 9.64 Å². The zero-order valence-electron chi connectivity index (χ0n) is 13.7. The molecule has 0 N–H and O–H groups in total. The van der Waals surface area contributed by atoms with Crippen LogP contribution in [0.25, 0.3) is 0 Å². The molecule has 0 spiro atoms. The van der Waals surface area contributed by atoms with Crippen LogP contribution in [-0.2, 0) is 6.54 Å². The number of hydrogen-bond acceptors (Lipinski definition) is 6. The molecule has 0 saturated carbocycles. The van der Waals surface area contributed by atoms with Gasteiger partial charge in [-0.3, -0.25) is 14.8 Å². The monoisotopic (exact) mass is 331 g/mol. The van der Waals surface area contributed by atoms with Crippen molar-refractivity contribution in [3.8, 4) is 5.75 Å². The maximum Gasteiger partial charge on any atom is 0.333 e. The van der Waals surface area contributed by atoms with Gasteiger partial charge in [-0.25, -0.2) is 4.98 Å². The van der Waals surface area contributed by atoms with Crippen LogP contribution in [0.15, 0.2) is 30.9 Å². The highest BCUT2D eigenvalue weighted by atomic mass is 16.6. The Bertz CT molecular complexity index is 689. The van der Waals surface area contributed by atoms with E-state index in [0.29, 0.717) is 24.0 Å². The summed E-state index contributed by atoms with van der Waals surface area (Å²) in [6.07, 6.45) is 5.30. The van der Waals surface area contributed by atoms with Crippen molar-refractivity contribution in [3.05, 3.63) is 41.0 Å². The highest BCUT2D eigenvalue weighted by molar-refractivity contribution is 5.70. The van der Waals surface area contributed by atoms with Gasteiger partial charge >= 0.3 is 5.69 Å². The Balaban J connectivity index is 1.82. The molecule has 1 aliphatic heterocycles. The van der Waals surface area contributed by atoms with Crippen molar-refractivity contribution >= 4 is 11.4 Å². The van der Waals surface area contributed by atoms with Crippen LogP contribution < -0.4 is 9.64 Å². The molecule has 1 aliphatic rings. The molecular weight excluding hydrogens is 310 g/mol. The van der Waals surface area contributed by atoms with E-state index in [2.05, 4.69) is 15.0 Å². The average molecular weight is 331 g/mol. The second-order valence-electron chi connectivity index (χ2n) is 5.89. The number of nitro groups is 1. The summed E-state index contributed by atoms with van der Waals surface area (Å²) in [5, 5.41) is 15.7. The molecule has 3 rings (SSSR count). The molecule has 8 nitrogen and oxygen atoms in total. The molecule has 0 radical (unpaired) electrons. The summed E-state index contributed by atoms with van der Waals surface area (Å²) in [5.74, 6) is 0.717. The predicted octanol–water partition coefficient (Wildman–Crippen LogP) is 2.50. The first-order valence-electron chi connectivity index (χ1n) is 8.16. The minimum absolute atomic E-state index is 0.0563. The van der Waals surface area contributed by atoms with Crippen molar-refractivity contribution in [1.82, 2.24) is 14.8 Å². The van der Waals surface area contributed by atoms with Crippen molar-refractivity contribution in [3.63, 3.8) is 0 Å². The van der Waals surface area contributed by atoms with E-state index in [0.717, 1.165) is 32.5 Å². The molecule has 1 fully saturated rings. The lowest BCUT2D eigenvalue weighted by Gasteiger charge is -2.34. The maximum atomic E-state index is 11.6. The van der Waals surface area contributed by atoms with Crippen LogP contribution in [0.1, 0.15) is 19.8 Å². The van der Waals surface area contributed by atoms with Gasteiger partial charge in [0.15, 0.2) is 5.75 Å². The Morgan fingerprint density at radius 3 is 3.04 bits per heavy atom. The van der Waals surface area contributed by atoms with Gasteiger partial charge in [-0.1, -0.05) is 6.07 Å². The van der Waals surface area contributed by atoms with Crippen LogP contribution in [0.4, 0.5) is 11.4 Å². The third-order valence-corrected chi connectivity index (χ3v) is 4.23. The molecule has 128 valence electrons. The minimum Gasteiger partial charge on any atom is -0.487 e. The molecule has 1 saturated heterocycles. The average Bonchev–Trinajstić information content (AvgIpc) is 3.08. The molecule has 2 aromatic rings. The quantitative estimate of drug-likeness (QED) is 0.597. The third-order valence-electron chi connectivity index (χ3n) is 4.23. The zero-order valence-corrected chi connectivity index (χ0v) is 13.7. The van der Waals surface area contributed by atoms with Crippen molar-refractivity contribution in [2.45, 2.75) is 26.3 Å². The number of benzene rings is 1. The second-order valence-corrected chi connectivity index (χ2v) is 5.89. The van der Waals surface area contributed by atoms with E-state index in [4.69, 9.17) is 4.74 Å². The smallest absolute Gasteiger partial charge is 0.333 e. The van der Waals surface area contributed by atoms with E-state index in [1.807, 2.05) is 17.7 Å². The number of para-hydroxylation sites is 1. The highest BCUT2D eigenvalue weighted by Gasteiger charge is 2.28. The number of piperidine rings is 1. The fourth-order valence-corrected chi connectivity index (χ4v) is 3.25. The van der Waals surface area contributed by atoms with Crippen molar-refractivity contribution < 1.29 is 9.66 Å². The lowest BCUT2D eigenvalue weighted by Crippen LogP contribution is -2.37. The molecule has 0 bridgehead atoms. The molecule has 2 heterocycles. The maximum absolute atomic E-state index is 11.6. The van der Waals surface area contributed by atoms with Crippen LogP contribution in [0.2, 0.25) is 0 Å². The van der Waals surface area contributed by atoms with Crippen molar-refractivity contribution in [1.29, 1.82) is 0 Å². The Kier molecular flexibility index (Phi) is 4.93. The van der Waals surface area contributed by atoms with Crippen LogP contribution >= 0.6 is 0 Å². The Labute approximate surface area is 140 Å². The SMILES string of the molecule is CCOc1cccc(N2CCC[C@@H](Cn3cncn3)C2)c1[N+](=O)[O-]. The van der Waals surface area contributed by atoms with Gasteiger partial charge in [-0.2, -0.15) is 5.10 Å². The number of anilines is 1. The standard InChI is InChI=1S/C16H21N5O3/c1-2-24-15-7-3-6-14(16(15)21(22)23)19-8-4-5-13(9-19)10-20-12-17-11-18-20/h3,6-7,11-13H,2,4-5,8-10H2,1H3/t13-/m1/s1. The first kappa shape index (κ1) is 16.2. The first-order valence-corrected chi connectivity index (χ1v) is 8.16. The molecule has 1 aromatic heterocycles. The predicted molar refractivity (Wildman–Crippen MR) is 89.2 cm³/mol. The molecule has 0 unspecified atom stereocenters. The van der Waals surface area contributed by atoms with Crippen LogP contribution in [0.3, 0.4) is 0 Å². The first-order chi connectivity index (χ1) is 11.7. The summed E-state index contributed by atoms with van der Waals surface area (Å²) in [4.78, 5) is 17.3. The van der Waals surface area contributed by atoms with Crippen molar-refractivity contribution in [2.75, 3.05) is 24.6 Å². The molecule has 8 heteroatoms. The minimum atomic E-state index is -0.346. The Morgan fingerprint density at radius 1 is 1.46 bits per heavy atom. The van der Waals surface area contributed by atoms with E-state index in [1.165, 1.54) is 6.33 Å². The van der Waals surface area contributed by atoms with Crippen LogP contribution in [0.5, 0.6) is 5.75 Å². The van der Waals surface area contributed by atoms with Gasteiger partial charge in [0.05, 0.1) is 11.5 Å². The fourth-order valence-electron chi connectivity index (χ4n) is 3.25. The van der Waals surface area contributed by atoms with Gasteiger partial charge in [0, 0.05) is 19.6 Å². The molecule has 1 atom stereocenters. The van der Waals surface area contributed by atoms with E-state index in [1.54, 1.807) is 18.5 Å². The van der Waals surface area contributed by atoms with Gasteiger partial charge in [0.2, 0.25) is 0 Å². The van der Waals surface area contributed by atoms with Gasteiger partial charge in [-0.05, 0) is 37.8 Å². The highest BCUT2D eigenvalue weighted by Crippen LogP contribution is 2.38. The number of ether oxygens (including phenoxy) is 1. The molecule has 0 amide bonds. The molecular formula is C16H21N5O3. The molecule has 1 aromatic carbocycles. The summed E-state index contributed by atoms with van der Waals surface area (Å²) in [6.45, 7) is 4.57. The van der Waals surface area contributed by atoms with Crippen LogP contribution in [0, 0.1) is 16.0 Å². The summed E-state index contributed by atoms with van der Waals surface area (Å²) in [7, 11) is 0. The van der Waals surface area contributed by atoms with E-state index < -0.39 is 0 Å². The summed E-state index contributed by atoms with van der Waals surface area (Å²) in [6, 6.07) is 5.27. The Morgan fingerprint density at radius 2 is 2.33 bits per heavy atom. The molecule has 24 heavy (non-hydrogen) atoms. The summed E-state index contributed by atoms with van der Waals surface area (Å²) >= 11 is 0. The van der Waals surface area contributed by atoms with Gasteiger partial charge in [0.1, 0.15) is 18.3 Å². The summed E-state index contributed by atoms with van der Waals surface area (Å²) in [5.41, 5.74) is 0.690. The number of aromatic nitrogens is 3. The molecule has 0 aliphatic carbocycles. The Hall–Kier alpha value is -2.64. The zero-order chi connectivity index (χ0) is 16.9. The van der Waals surface area contributed by atoms with Gasteiger partial charge in [-0.15, -0.1) is 0 Å². The number of nitrogens with zero attached hydrogens (tertiary/aromatic N) is 5. The number of rotatable bonds is 6. The fraction of sp³-hybridized carbons (Fsp3) is 0.500. The number of nitro benzene ring substituents is 1. The lowest BCUT2D eigenvalue weighted by molar-refractivity contribution is -0.385. The second kappa shape index (κ2) is 7.29. The topological polar surface area (TPSA) is 86.3 Å². The van der Waals surface area contributed by atoms with E-state index in [-0.39, 0.29) is 10.6 Å². The largest absolute Gasteiger partial charge is 0.487 e. The van der Waals surface area contributed by atoms with Gasteiger partial charge in [0.25, 0.3) is 0 Å². The number of hydrogen-bond donors (Lipinski definition) is 0. The van der Waals surface area contributed by atoms with E-state index in [9.17, 15) is 10.1 Å². The third kappa shape index (κ3) is 3.47.